The zero-order chi connectivity index (χ0) is 25.1. The third kappa shape index (κ3) is 4.10. The molecule has 2 aromatic heterocycles. The van der Waals surface area contributed by atoms with Gasteiger partial charge in [0, 0.05) is 24.2 Å². The van der Waals surface area contributed by atoms with Gasteiger partial charge in [0.2, 0.25) is 0 Å². The Labute approximate surface area is 195 Å². The number of piperidine rings is 1. The summed E-state index contributed by atoms with van der Waals surface area (Å²) in [4.78, 5) is 18.8. The second kappa shape index (κ2) is 8.28. The molecular formula is C23H18F6N4O2. The summed E-state index contributed by atoms with van der Waals surface area (Å²) in [6.45, 7) is 0. The molecule has 4 heterocycles. The minimum absolute atomic E-state index is 0.0429. The second-order valence-corrected chi connectivity index (χ2v) is 8.53. The van der Waals surface area contributed by atoms with E-state index in [4.69, 9.17) is 0 Å². The Bertz CT molecular complexity index is 1280. The highest BCUT2D eigenvalue weighted by Gasteiger charge is 2.44. The largest absolute Gasteiger partial charge is 0.573 e. The quantitative estimate of drug-likeness (QED) is 0.375. The molecule has 35 heavy (non-hydrogen) atoms. The first-order valence-electron chi connectivity index (χ1n) is 10.8. The molecular weight excluding hydrogens is 478 g/mol. The van der Waals surface area contributed by atoms with E-state index in [9.17, 15) is 31.1 Å². The molecule has 0 saturated carbocycles. The molecule has 1 fully saturated rings. The van der Waals surface area contributed by atoms with Crippen molar-refractivity contribution in [2.75, 3.05) is 0 Å². The van der Waals surface area contributed by atoms with Gasteiger partial charge in [-0.25, -0.2) is 18.2 Å². The average molecular weight is 496 g/mol. The Morgan fingerprint density at radius 1 is 1.11 bits per heavy atom. The lowest BCUT2D eigenvalue weighted by atomic mass is 9.81. The number of carbonyl (C=O) groups is 1. The average Bonchev–Trinajstić information content (AvgIpc) is 3.11. The predicted molar refractivity (Wildman–Crippen MR) is 110 cm³/mol. The third-order valence-corrected chi connectivity index (χ3v) is 6.36. The first-order valence-corrected chi connectivity index (χ1v) is 10.8. The molecule has 0 spiro atoms. The number of carbonyl (C=O) groups excluding carboxylic acids is 1. The van der Waals surface area contributed by atoms with Crippen molar-refractivity contribution in [3.63, 3.8) is 0 Å². The number of rotatable bonds is 3. The second-order valence-electron chi connectivity index (χ2n) is 8.53. The Morgan fingerprint density at radius 3 is 2.46 bits per heavy atom. The van der Waals surface area contributed by atoms with Gasteiger partial charge in [0.05, 0.1) is 23.6 Å². The molecule has 2 aliphatic rings. The number of amides is 1. The molecule has 1 saturated heterocycles. The number of alkyl halides is 3. The fourth-order valence-corrected chi connectivity index (χ4v) is 5.04. The first-order chi connectivity index (χ1) is 16.5. The van der Waals surface area contributed by atoms with E-state index < -0.39 is 41.5 Å². The van der Waals surface area contributed by atoms with Crippen molar-refractivity contribution in [3.05, 3.63) is 64.9 Å². The number of halogens is 6. The third-order valence-electron chi connectivity index (χ3n) is 6.36. The lowest BCUT2D eigenvalue weighted by molar-refractivity contribution is -0.274. The van der Waals surface area contributed by atoms with E-state index in [0.29, 0.717) is 30.7 Å². The number of aromatic nitrogens is 3. The summed E-state index contributed by atoms with van der Waals surface area (Å²) in [6.07, 6.45) is -1.65. The molecule has 1 amide bonds. The summed E-state index contributed by atoms with van der Waals surface area (Å²) in [5, 5.41) is 4.53. The van der Waals surface area contributed by atoms with Gasteiger partial charge in [0.1, 0.15) is 11.4 Å². The van der Waals surface area contributed by atoms with E-state index in [1.165, 1.54) is 10.7 Å². The molecule has 2 aliphatic heterocycles. The standard InChI is InChI=1S/C23H18F6N4O2/c1-32-21(11-7-15(24)19(26)16(25)8-11)14-9-12-3-2-4-18(20(14)31-32)33(12)22(34)17-6-5-13(10-30-17)35-23(27,28)29/h5-8,10,12,18H,2-4,9H2,1H3/t12-,18+/m0/s1. The van der Waals surface area contributed by atoms with Crippen LogP contribution in [-0.4, -0.2) is 38.0 Å². The van der Waals surface area contributed by atoms with E-state index in [2.05, 4.69) is 14.8 Å². The van der Waals surface area contributed by atoms with Gasteiger partial charge in [-0.05, 0) is 49.9 Å². The molecule has 184 valence electrons. The van der Waals surface area contributed by atoms with Crippen molar-refractivity contribution < 1.29 is 35.9 Å². The Balaban J connectivity index is 1.49. The van der Waals surface area contributed by atoms with Crippen LogP contribution in [0.1, 0.15) is 47.1 Å². The van der Waals surface area contributed by atoms with Gasteiger partial charge < -0.3 is 9.64 Å². The number of benzene rings is 1. The lowest BCUT2D eigenvalue weighted by Crippen LogP contribution is -2.50. The van der Waals surface area contributed by atoms with Crippen molar-refractivity contribution in [1.29, 1.82) is 0 Å². The van der Waals surface area contributed by atoms with Crippen molar-refractivity contribution in [2.24, 2.45) is 7.05 Å². The summed E-state index contributed by atoms with van der Waals surface area (Å²) >= 11 is 0. The van der Waals surface area contributed by atoms with E-state index in [1.807, 2.05) is 0 Å². The Kier molecular flexibility index (Phi) is 5.48. The van der Waals surface area contributed by atoms with Crippen LogP contribution in [0, 0.1) is 17.5 Å². The summed E-state index contributed by atoms with van der Waals surface area (Å²) < 4.78 is 83.9. The van der Waals surface area contributed by atoms with Crippen LogP contribution in [0.5, 0.6) is 5.75 Å². The van der Waals surface area contributed by atoms with Gasteiger partial charge in [0.25, 0.3) is 5.91 Å². The fraction of sp³-hybridized carbons (Fsp3) is 0.348. The summed E-state index contributed by atoms with van der Waals surface area (Å²) in [7, 11) is 1.60. The predicted octanol–water partition coefficient (Wildman–Crippen LogP) is 5.09. The zero-order valence-electron chi connectivity index (χ0n) is 18.2. The fourth-order valence-electron chi connectivity index (χ4n) is 5.04. The van der Waals surface area contributed by atoms with Gasteiger partial charge in [-0.3, -0.25) is 9.48 Å². The number of ether oxygens (including phenoxy) is 1. The minimum Gasteiger partial charge on any atom is -0.404 e. The van der Waals surface area contributed by atoms with Gasteiger partial charge in [0.15, 0.2) is 17.5 Å². The van der Waals surface area contributed by atoms with Crippen molar-refractivity contribution in [2.45, 2.75) is 44.1 Å². The summed E-state index contributed by atoms with van der Waals surface area (Å²) in [5.41, 5.74) is 1.82. The monoisotopic (exact) mass is 496 g/mol. The molecule has 0 radical (unpaired) electrons. The van der Waals surface area contributed by atoms with Gasteiger partial charge in [-0.1, -0.05) is 0 Å². The van der Waals surface area contributed by atoms with E-state index in [-0.39, 0.29) is 17.3 Å². The van der Waals surface area contributed by atoms with Crippen LogP contribution in [0.2, 0.25) is 0 Å². The smallest absolute Gasteiger partial charge is 0.404 e. The van der Waals surface area contributed by atoms with Crippen LogP contribution in [0.15, 0.2) is 30.5 Å². The van der Waals surface area contributed by atoms with Crippen LogP contribution in [0.25, 0.3) is 11.3 Å². The highest BCUT2D eigenvalue weighted by Crippen LogP contribution is 2.45. The Morgan fingerprint density at radius 2 is 1.83 bits per heavy atom. The van der Waals surface area contributed by atoms with E-state index >= 15 is 0 Å². The molecule has 2 atom stereocenters. The molecule has 0 unspecified atom stereocenters. The van der Waals surface area contributed by atoms with Crippen molar-refractivity contribution in [1.82, 2.24) is 19.7 Å². The topological polar surface area (TPSA) is 60.2 Å². The number of hydrogen-bond acceptors (Lipinski definition) is 4. The summed E-state index contributed by atoms with van der Waals surface area (Å²) in [5.74, 6) is -5.19. The van der Waals surface area contributed by atoms with Gasteiger partial charge >= 0.3 is 6.36 Å². The molecule has 0 aliphatic carbocycles. The Hall–Kier alpha value is -3.57. The van der Waals surface area contributed by atoms with Crippen LogP contribution in [0.3, 0.4) is 0 Å². The van der Waals surface area contributed by atoms with Crippen molar-refractivity contribution in [3.8, 4) is 17.0 Å². The van der Waals surface area contributed by atoms with E-state index in [0.717, 1.165) is 36.4 Å². The van der Waals surface area contributed by atoms with Crippen LogP contribution < -0.4 is 4.74 Å². The normalized spacial score (nSPS) is 19.5. The number of nitrogens with zero attached hydrogens (tertiary/aromatic N) is 4. The SMILES string of the molecule is Cn1nc2c(c1-c1cc(F)c(F)c(F)c1)C[C@@H]1CCC[C@H]2N1C(=O)c1ccc(OC(F)(F)F)cn1. The van der Waals surface area contributed by atoms with Gasteiger partial charge in [-0.15, -0.1) is 13.2 Å². The number of aryl methyl sites for hydroxylation is 1. The van der Waals surface area contributed by atoms with Crippen LogP contribution in [-0.2, 0) is 13.5 Å². The molecule has 1 aromatic carbocycles. The zero-order valence-corrected chi connectivity index (χ0v) is 18.2. The van der Waals surface area contributed by atoms with E-state index in [1.54, 1.807) is 11.9 Å². The highest BCUT2D eigenvalue weighted by molar-refractivity contribution is 5.93. The maximum atomic E-state index is 13.9. The molecule has 6 nitrogen and oxygen atoms in total. The number of pyridine rings is 1. The lowest BCUT2D eigenvalue weighted by Gasteiger charge is -2.45. The van der Waals surface area contributed by atoms with Gasteiger partial charge in [-0.2, -0.15) is 5.10 Å². The maximum absolute atomic E-state index is 13.9. The molecule has 5 rings (SSSR count). The minimum atomic E-state index is -4.87. The number of hydrogen-bond donors (Lipinski definition) is 0. The molecule has 2 bridgehead atoms. The molecule has 12 heteroatoms. The molecule has 3 aromatic rings. The highest BCUT2D eigenvalue weighted by atomic mass is 19.4. The molecule has 0 N–H and O–H groups in total. The first kappa shape index (κ1) is 23.2. The van der Waals surface area contributed by atoms with Crippen LogP contribution in [0.4, 0.5) is 26.3 Å². The maximum Gasteiger partial charge on any atom is 0.573 e. The van der Waals surface area contributed by atoms with Crippen LogP contribution >= 0.6 is 0 Å². The summed E-state index contributed by atoms with van der Waals surface area (Å²) in [6, 6.07) is 3.29. The van der Waals surface area contributed by atoms with Crippen molar-refractivity contribution >= 4 is 5.91 Å². The number of fused-ring (bicyclic) bond motifs is 4.